The van der Waals surface area contributed by atoms with Crippen molar-refractivity contribution in [1.82, 2.24) is 15.0 Å². The molecule has 0 unspecified atom stereocenters. The van der Waals surface area contributed by atoms with Crippen LogP contribution in [0.3, 0.4) is 0 Å². The predicted molar refractivity (Wildman–Crippen MR) is 72.2 cm³/mol. The monoisotopic (exact) mass is 244 g/mol. The maximum atomic E-state index is 6.13. The van der Waals surface area contributed by atoms with Crippen LogP contribution in [0.2, 0.25) is 0 Å². The molecule has 2 aromatic rings. The van der Waals surface area contributed by atoms with E-state index in [0.29, 0.717) is 0 Å². The lowest BCUT2D eigenvalue weighted by atomic mass is 9.95. The highest BCUT2D eigenvalue weighted by Crippen LogP contribution is 2.12. The van der Waals surface area contributed by atoms with Crippen LogP contribution < -0.4 is 5.73 Å². The summed E-state index contributed by atoms with van der Waals surface area (Å²) in [7, 11) is 0. The van der Waals surface area contributed by atoms with Gasteiger partial charge in [-0.2, -0.15) is 0 Å². The molecule has 1 heterocycles. The van der Waals surface area contributed by atoms with Crippen molar-refractivity contribution in [1.29, 1.82) is 0 Å². The Balaban J connectivity index is 2.03. The highest BCUT2D eigenvalue weighted by Gasteiger charge is 2.18. The first-order valence-electron chi connectivity index (χ1n) is 6.31. The van der Waals surface area contributed by atoms with Gasteiger partial charge in [0.05, 0.1) is 12.2 Å². The molecule has 0 bridgehead atoms. The minimum absolute atomic E-state index is 0.201. The van der Waals surface area contributed by atoms with Gasteiger partial charge in [0.15, 0.2) is 0 Å². The second-order valence-electron chi connectivity index (χ2n) is 5.08. The molecular weight excluding hydrogens is 224 g/mol. The van der Waals surface area contributed by atoms with Crippen molar-refractivity contribution in [3.8, 4) is 0 Å². The van der Waals surface area contributed by atoms with Crippen LogP contribution in [0, 0.1) is 0 Å². The third kappa shape index (κ3) is 3.40. The van der Waals surface area contributed by atoms with Crippen LogP contribution in [0.15, 0.2) is 36.5 Å². The Morgan fingerprint density at radius 2 is 2.00 bits per heavy atom. The van der Waals surface area contributed by atoms with Crippen molar-refractivity contribution in [2.75, 3.05) is 0 Å². The lowest BCUT2D eigenvalue weighted by Gasteiger charge is -2.20. The maximum absolute atomic E-state index is 6.13. The smallest absolute Gasteiger partial charge is 0.0845 e. The van der Waals surface area contributed by atoms with E-state index >= 15 is 0 Å². The quantitative estimate of drug-likeness (QED) is 0.875. The minimum atomic E-state index is -0.201. The number of nitrogens with zero attached hydrogens (tertiary/aromatic N) is 3. The molecule has 2 rings (SSSR count). The van der Waals surface area contributed by atoms with E-state index in [1.165, 1.54) is 5.56 Å². The average Bonchev–Trinajstić information content (AvgIpc) is 2.77. The zero-order valence-corrected chi connectivity index (χ0v) is 11.0. The van der Waals surface area contributed by atoms with E-state index < -0.39 is 0 Å². The van der Waals surface area contributed by atoms with E-state index in [0.717, 1.165) is 25.1 Å². The average molecular weight is 244 g/mol. The number of benzene rings is 1. The zero-order chi connectivity index (χ0) is 13.0. The van der Waals surface area contributed by atoms with Crippen LogP contribution in [-0.4, -0.2) is 20.5 Å². The lowest BCUT2D eigenvalue weighted by Crippen LogP contribution is -2.37. The first kappa shape index (κ1) is 12.8. The van der Waals surface area contributed by atoms with E-state index in [9.17, 15) is 0 Å². The topological polar surface area (TPSA) is 56.7 Å². The summed E-state index contributed by atoms with van der Waals surface area (Å²) >= 11 is 0. The van der Waals surface area contributed by atoms with Crippen LogP contribution in [-0.2, 0) is 13.0 Å². The predicted octanol–water partition coefficient (Wildman–Crippen LogP) is 2.00. The van der Waals surface area contributed by atoms with E-state index in [1.807, 2.05) is 36.0 Å². The van der Waals surface area contributed by atoms with Gasteiger partial charge in [-0.15, -0.1) is 5.10 Å². The Bertz CT molecular complexity index is 488. The summed E-state index contributed by atoms with van der Waals surface area (Å²) in [6, 6.07) is 10.2. The molecule has 18 heavy (non-hydrogen) atoms. The third-order valence-corrected chi connectivity index (χ3v) is 3.17. The van der Waals surface area contributed by atoms with Gasteiger partial charge >= 0.3 is 0 Å². The van der Waals surface area contributed by atoms with Crippen molar-refractivity contribution in [2.24, 2.45) is 5.73 Å². The van der Waals surface area contributed by atoms with Crippen molar-refractivity contribution < 1.29 is 0 Å². The third-order valence-electron chi connectivity index (χ3n) is 3.17. The second-order valence-corrected chi connectivity index (χ2v) is 5.08. The van der Waals surface area contributed by atoms with Crippen molar-refractivity contribution in [3.05, 3.63) is 47.8 Å². The Morgan fingerprint density at radius 1 is 1.28 bits per heavy atom. The van der Waals surface area contributed by atoms with Gasteiger partial charge in [0.2, 0.25) is 0 Å². The Hall–Kier alpha value is -1.68. The van der Waals surface area contributed by atoms with Crippen LogP contribution in [0.1, 0.15) is 31.5 Å². The fourth-order valence-electron chi connectivity index (χ4n) is 1.81. The summed E-state index contributed by atoms with van der Waals surface area (Å²) < 4.78 is 1.86. The van der Waals surface area contributed by atoms with E-state index in [1.54, 1.807) is 0 Å². The first-order valence-corrected chi connectivity index (χ1v) is 6.31. The summed E-state index contributed by atoms with van der Waals surface area (Å²) in [6.07, 6.45) is 3.67. The molecule has 0 radical (unpaired) electrons. The standard InChI is InChI=1S/C14H20N4/c1-3-14(2,15)9-13-11-18(17-16-13)10-12-7-5-4-6-8-12/h4-8,11H,3,9-10,15H2,1-2H3/t14-/m0/s1. The van der Waals surface area contributed by atoms with Crippen molar-refractivity contribution in [3.63, 3.8) is 0 Å². The molecule has 1 atom stereocenters. The molecule has 0 saturated carbocycles. The number of hydrogen-bond donors (Lipinski definition) is 1. The molecule has 4 nitrogen and oxygen atoms in total. The number of nitrogens with two attached hydrogens (primary N) is 1. The van der Waals surface area contributed by atoms with Gasteiger partial charge in [0, 0.05) is 18.2 Å². The van der Waals surface area contributed by atoms with Gasteiger partial charge in [-0.25, -0.2) is 4.68 Å². The lowest BCUT2D eigenvalue weighted by molar-refractivity contribution is 0.445. The molecule has 0 aliphatic carbocycles. The van der Waals surface area contributed by atoms with Crippen molar-refractivity contribution >= 4 is 0 Å². The number of aromatic nitrogens is 3. The normalized spacial score (nSPS) is 14.4. The highest BCUT2D eigenvalue weighted by atomic mass is 15.4. The fourth-order valence-corrected chi connectivity index (χ4v) is 1.81. The molecule has 96 valence electrons. The Labute approximate surface area is 108 Å². The van der Waals surface area contributed by atoms with Crippen LogP contribution >= 0.6 is 0 Å². The highest BCUT2D eigenvalue weighted by molar-refractivity contribution is 5.15. The molecule has 1 aromatic heterocycles. The van der Waals surface area contributed by atoms with Gasteiger partial charge in [0.1, 0.15) is 0 Å². The molecule has 2 N–H and O–H groups in total. The molecule has 0 spiro atoms. The van der Waals surface area contributed by atoms with E-state index in [-0.39, 0.29) is 5.54 Å². The second kappa shape index (κ2) is 5.31. The van der Waals surface area contributed by atoms with Gasteiger partial charge in [-0.1, -0.05) is 42.5 Å². The van der Waals surface area contributed by atoms with Crippen molar-refractivity contribution in [2.45, 2.75) is 38.8 Å². The van der Waals surface area contributed by atoms with Gasteiger partial charge in [-0.05, 0) is 18.9 Å². The van der Waals surface area contributed by atoms with Crippen LogP contribution in [0.4, 0.5) is 0 Å². The summed E-state index contributed by atoms with van der Waals surface area (Å²) in [4.78, 5) is 0. The maximum Gasteiger partial charge on any atom is 0.0845 e. The molecule has 0 aliphatic rings. The largest absolute Gasteiger partial charge is 0.325 e. The summed E-state index contributed by atoms with van der Waals surface area (Å²) in [6.45, 7) is 4.89. The van der Waals surface area contributed by atoms with E-state index in [4.69, 9.17) is 5.73 Å². The SMILES string of the molecule is CC[C@](C)(N)Cc1cn(Cc2ccccc2)nn1. The minimum Gasteiger partial charge on any atom is -0.325 e. The molecule has 0 fully saturated rings. The molecule has 0 amide bonds. The van der Waals surface area contributed by atoms with Gasteiger partial charge < -0.3 is 5.73 Å². The van der Waals surface area contributed by atoms with Gasteiger partial charge in [-0.3, -0.25) is 0 Å². The first-order chi connectivity index (χ1) is 8.59. The number of hydrogen-bond acceptors (Lipinski definition) is 3. The summed E-state index contributed by atoms with van der Waals surface area (Å²) in [5.41, 5.74) is 8.11. The summed E-state index contributed by atoms with van der Waals surface area (Å²) in [5.74, 6) is 0. The van der Waals surface area contributed by atoms with Gasteiger partial charge in [0.25, 0.3) is 0 Å². The number of rotatable bonds is 5. The van der Waals surface area contributed by atoms with Crippen LogP contribution in [0.25, 0.3) is 0 Å². The Kier molecular flexibility index (Phi) is 3.77. The molecular formula is C14H20N4. The molecule has 4 heteroatoms. The zero-order valence-electron chi connectivity index (χ0n) is 11.0. The molecule has 0 saturated heterocycles. The fraction of sp³-hybridized carbons (Fsp3) is 0.429. The molecule has 0 aliphatic heterocycles. The molecule has 1 aromatic carbocycles. The summed E-state index contributed by atoms with van der Waals surface area (Å²) in [5, 5.41) is 8.32. The Morgan fingerprint density at radius 3 is 2.67 bits per heavy atom. The van der Waals surface area contributed by atoms with Crippen LogP contribution in [0.5, 0.6) is 0 Å². The van der Waals surface area contributed by atoms with E-state index in [2.05, 4.69) is 29.4 Å².